The third-order valence-electron chi connectivity index (χ3n) is 4.95. The minimum atomic E-state index is -3.69. The van der Waals surface area contributed by atoms with Crippen molar-refractivity contribution >= 4 is 15.9 Å². The summed E-state index contributed by atoms with van der Waals surface area (Å²) in [6.07, 6.45) is 2.32. The van der Waals surface area contributed by atoms with E-state index in [4.69, 9.17) is 9.15 Å². The molecule has 30 heavy (non-hydrogen) atoms. The lowest BCUT2D eigenvalue weighted by Crippen LogP contribution is -2.34. The minimum absolute atomic E-state index is 0.0597. The lowest BCUT2D eigenvalue weighted by atomic mass is 9.96. The summed E-state index contributed by atoms with van der Waals surface area (Å²) in [5, 5.41) is 2.90. The van der Waals surface area contributed by atoms with Crippen molar-refractivity contribution < 1.29 is 22.4 Å². The van der Waals surface area contributed by atoms with Crippen LogP contribution in [-0.2, 0) is 23.0 Å². The number of nitrogens with one attached hydrogen (secondary N) is 2. The van der Waals surface area contributed by atoms with Crippen molar-refractivity contribution in [1.82, 2.24) is 10.0 Å². The molecule has 7 nitrogen and oxygen atoms in total. The number of carbonyl (C=O) groups is 1. The van der Waals surface area contributed by atoms with Gasteiger partial charge < -0.3 is 14.5 Å². The topological polar surface area (TPSA) is 97.6 Å². The van der Waals surface area contributed by atoms with E-state index in [1.54, 1.807) is 12.1 Å². The third-order valence-corrected chi connectivity index (χ3v) is 6.37. The van der Waals surface area contributed by atoms with Gasteiger partial charge in [-0.05, 0) is 54.4 Å². The first-order valence-corrected chi connectivity index (χ1v) is 11.1. The fourth-order valence-corrected chi connectivity index (χ4v) is 4.30. The predicted octanol–water partition coefficient (Wildman–Crippen LogP) is 2.74. The van der Waals surface area contributed by atoms with Crippen LogP contribution < -0.4 is 14.8 Å². The molecule has 2 N–H and O–H groups in total. The maximum absolute atomic E-state index is 12.4. The number of furan rings is 1. The molecule has 1 aromatic heterocycles. The van der Waals surface area contributed by atoms with Crippen molar-refractivity contribution in [3.8, 4) is 5.75 Å². The molecule has 0 radical (unpaired) electrons. The van der Waals surface area contributed by atoms with Gasteiger partial charge in [0.05, 0.1) is 24.3 Å². The van der Waals surface area contributed by atoms with Gasteiger partial charge in [-0.1, -0.05) is 18.2 Å². The van der Waals surface area contributed by atoms with E-state index >= 15 is 0 Å². The molecule has 2 aromatic carbocycles. The predicted molar refractivity (Wildman–Crippen MR) is 111 cm³/mol. The van der Waals surface area contributed by atoms with Crippen LogP contribution in [0.2, 0.25) is 0 Å². The second kappa shape index (κ2) is 8.73. The van der Waals surface area contributed by atoms with Crippen molar-refractivity contribution in [3.63, 3.8) is 0 Å². The highest BCUT2D eigenvalue weighted by molar-refractivity contribution is 7.89. The molecule has 156 valence electrons. The molecule has 0 spiro atoms. The van der Waals surface area contributed by atoms with Crippen LogP contribution in [0.5, 0.6) is 5.75 Å². The Kier molecular flexibility index (Phi) is 5.87. The van der Waals surface area contributed by atoms with Gasteiger partial charge in [0.25, 0.3) is 5.91 Å². The molecule has 0 aliphatic carbocycles. The molecule has 1 atom stereocenters. The van der Waals surface area contributed by atoms with Crippen LogP contribution in [0.1, 0.15) is 21.7 Å². The quantitative estimate of drug-likeness (QED) is 0.605. The molecular formula is C22H22N2O5S. The van der Waals surface area contributed by atoms with Gasteiger partial charge in [0, 0.05) is 18.0 Å². The number of para-hydroxylation sites is 1. The van der Waals surface area contributed by atoms with Gasteiger partial charge in [-0.15, -0.1) is 0 Å². The van der Waals surface area contributed by atoms with Crippen LogP contribution in [0, 0.1) is 5.92 Å². The molecular weight excluding hydrogens is 404 g/mol. The van der Waals surface area contributed by atoms with Crippen molar-refractivity contribution in [2.75, 3.05) is 13.2 Å². The van der Waals surface area contributed by atoms with E-state index in [2.05, 4.69) is 10.0 Å². The maximum atomic E-state index is 12.4. The molecule has 3 aromatic rings. The summed E-state index contributed by atoms with van der Waals surface area (Å²) in [4.78, 5) is 12.5. The zero-order valence-electron chi connectivity index (χ0n) is 16.2. The number of carbonyl (C=O) groups excluding carboxylic acids is 1. The van der Waals surface area contributed by atoms with Crippen LogP contribution >= 0.6 is 0 Å². The standard InChI is InChI=1S/C22H22N2O5S/c25-22(23-13-16-12-18-4-1-2-6-21(18)29-15-16)17-7-9-20(10-8-17)30(26,27)24-14-19-5-3-11-28-19/h1-11,16,24H,12-15H2,(H,23,25). The van der Waals surface area contributed by atoms with Crippen molar-refractivity contribution in [1.29, 1.82) is 0 Å². The van der Waals surface area contributed by atoms with Gasteiger partial charge in [-0.2, -0.15) is 0 Å². The van der Waals surface area contributed by atoms with Crippen molar-refractivity contribution in [2.24, 2.45) is 5.92 Å². The monoisotopic (exact) mass is 426 g/mol. The van der Waals surface area contributed by atoms with Crippen LogP contribution in [-0.4, -0.2) is 27.5 Å². The number of amides is 1. The van der Waals surface area contributed by atoms with Gasteiger partial charge in [0.15, 0.2) is 0 Å². The number of benzene rings is 2. The smallest absolute Gasteiger partial charge is 0.251 e. The highest BCUT2D eigenvalue weighted by atomic mass is 32.2. The molecule has 0 fully saturated rings. The zero-order chi connectivity index (χ0) is 21.0. The molecule has 1 unspecified atom stereocenters. The summed E-state index contributed by atoms with van der Waals surface area (Å²) in [7, 11) is -3.69. The molecule has 2 heterocycles. The van der Waals surface area contributed by atoms with E-state index in [0.717, 1.165) is 17.7 Å². The maximum Gasteiger partial charge on any atom is 0.251 e. The fraction of sp³-hybridized carbons (Fsp3) is 0.227. The van der Waals surface area contributed by atoms with E-state index in [9.17, 15) is 13.2 Å². The highest BCUT2D eigenvalue weighted by Crippen LogP contribution is 2.26. The Morgan fingerprint density at radius 2 is 1.83 bits per heavy atom. The van der Waals surface area contributed by atoms with E-state index in [1.165, 1.54) is 30.5 Å². The SMILES string of the molecule is O=C(NCC1COc2ccccc2C1)c1ccc(S(=O)(=O)NCc2ccco2)cc1. The first-order chi connectivity index (χ1) is 14.5. The first-order valence-electron chi connectivity index (χ1n) is 9.62. The molecule has 1 aliphatic heterocycles. The van der Waals surface area contributed by atoms with E-state index in [0.29, 0.717) is 24.5 Å². The van der Waals surface area contributed by atoms with E-state index in [-0.39, 0.29) is 23.3 Å². The van der Waals surface area contributed by atoms with Gasteiger partial charge in [0.1, 0.15) is 11.5 Å². The van der Waals surface area contributed by atoms with Crippen LogP contribution in [0.3, 0.4) is 0 Å². The Morgan fingerprint density at radius 3 is 2.60 bits per heavy atom. The molecule has 4 rings (SSSR count). The summed E-state index contributed by atoms with van der Waals surface area (Å²) >= 11 is 0. The zero-order valence-corrected chi connectivity index (χ0v) is 17.0. The number of hydrogen-bond acceptors (Lipinski definition) is 5. The fourth-order valence-electron chi connectivity index (χ4n) is 3.31. The number of fused-ring (bicyclic) bond motifs is 1. The molecule has 0 bridgehead atoms. The van der Waals surface area contributed by atoms with Crippen LogP contribution in [0.25, 0.3) is 0 Å². The summed E-state index contributed by atoms with van der Waals surface area (Å²) in [5.74, 6) is 1.36. The third kappa shape index (κ3) is 4.72. The number of ether oxygens (including phenoxy) is 1. The molecule has 1 amide bonds. The minimum Gasteiger partial charge on any atom is -0.493 e. The first kappa shape index (κ1) is 20.2. The molecule has 0 saturated carbocycles. The van der Waals surface area contributed by atoms with Gasteiger partial charge in [0.2, 0.25) is 10.0 Å². The van der Waals surface area contributed by atoms with Gasteiger partial charge in [-0.3, -0.25) is 4.79 Å². The molecule has 1 aliphatic rings. The summed E-state index contributed by atoms with van der Waals surface area (Å²) in [5.41, 5.74) is 1.54. The van der Waals surface area contributed by atoms with E-state index < -0.39 is 10.0 Å². The number of hydrogen-bond donors (Lipinski definition) is 2. The molecule has 8 heteroatoms. The highest BCUT2D eigenvalue weighted by Gasteiger charge is 2.20. The van der Waals surface area contributed by atoms with E-state index in [1.807, 2.05) is 24.3 Å². The van der Waals surface area contributed by atoms with Gasteiger partial charge in [-0.25, -0.2) is 13.1 Å². The van der Waals surface area contributed by atoms with Crippen molar-refractivity contribution in [2.45, 2.75) is 17.9 Å². The van der Waals surface area contributed by atoms with Gasteiger partial charge >= 0.3 is 0 Å². The average Bonchev–Trinajstić information content (AvgIpc) is 3.30. The van der Waals surface area contributed by atoms with Crippen molar-refractivity contribution in [3.05, 3.63) is 83.8 Å². The Morgan fingerprint density at radius 1 is 1.03 bits per heavy atom. The van der Waals surface area contributed by atoms with Crippen LogP contribution in [0.4, 0.5) is 0 Å². The lowest BCUT2D eigenvalue weighted by Gasteiger charge is -2.25. The second-order valence-electron chi connectivity index (χ2n) is 7.13. The second-order valence-corrected chi connectivity index (χ2v) is 8.89. The number of sulfonamides is 1. The summed E-state index contributed by atoms with van der Waals surface area (Å²) in [6.45, 7) is 1.10. The Balaban J connectivity index is 1.32. The Hall–Kier alpha value is -3.10. The summed E-state index contributed by atoms with van der Waals surface area (Å²) < 4.78 is 38.1. The normalized spacial score (nSPS) is 15.8. The average molecular weight is 426 g/mol. The molecule has 0 saturated heterocycles. The summed E-state index contributed by atoms with van der Waals surface area (Å²) in [6, 6.07) is 17.1. The number of rotatable bonds is 7. The lowest BCUT2D eigenvalue weighted by molar-refractivity contribution is 0.0939. The Labute approximate surface area is 175 Å². The largest absolute Gasteiger partial charge is 0.493 e. The van der Waals surface area contributed by atoms with Crippen LogP contribution in [0.15, 0.2) is 76.2 Å². The Bertz CT molecular complexity index is 1110.